The number of alkyl halides is 1. The molecule has 66 valence electrons. The third-order valence-electron chi connectivity index (χ3n) is 1.76. The van der Waals surface area contributed by atoms with E-state index in [0.717, 1.165) is 11.1 Å². The zero-order valence-electron chi connectivity index (χ0n) is 7.49. The van der Waals surface area contributed by atoms with Gasteiger partial charge in [0.2, 0.25) is 0 Å². The Hall–Kier alpha value is -0.120. The van der Waals surface area contributed by atoms with Crippen LogP contribution < -0.4 is 0 Å². The maximum absolute atomic E-state index is 13.3. The maximum Gasteiger partial charge on any atom is 0.127 e. The quantitative estimate of drug-likeness (QED) is 0.541. The summed E-state index contributed by atoms with van der Waals surface area (Å²) < 4.78 is 13.1. The van der Waals surface area contributed by atoms with Gasteiger partial charge in [0.15, 0.2) is 0 Å². The Bertz CT molecular complexity index is 286. The lowest BCUT2D eigenvalue weighted by molar-refractivity contribution is 0.593. The molecule has 0 spiro atoms. The lowest BCUT2D eigenvalue weighted by Crippen LogP contribution is -2.09. The molecule has 12 heavy (non-hydrogen) atoms. The first-order chi connectivity index (χ1) is 5.41. The summed E-state index contributed by atoms with van der Waals surface area (Å²) in [6.45, 7) is 5.99. The van der Waals surface area contributed by atoms with E-state index in [2.05, 4.69) is 22.6 Å². The molecule has 0 unspecified atom stereocenters. The molecule has 2 heteroatoms. The molecular weight excluding hydrogens is 266 g/mol. The van der Waals surface area contributed by atoms with Crippen molar-refractivity contribution in [3.8, 4) is 0 Å². The Morgan fingerprint density at radius 1 is 1.33 bits per heavy atom. The van der Waals surface area contributed by atoms with Gasteiger partial charge in [-0.25, -0.2) is 4.39 Å². The molecule has 0 saturated carbocycles. The summed E-state index contributed by atoms with van der Waals surface area (Å²) in [5, 5.41) is 0. The summed E-state index contributed by atoms with van der Waals surface area (Å²) in [6, 6.07) is 5.23. The number of hydrogen-bond acceptors (Lipinski definition) is 0. The summed E-state index contributed by atoms with van der Waals surface area (Å²) in [6.07, 6.45) is 0. The van der Waals surface area contributed by atoms with Crippen LogP contribution in [-0.4, -0.2) is 0 Å². The Labute approximate surface area is 86.3 Å². The van der Waals surface area contributed by atoms with Gasteiger partial charge in [-0.2, -0.15) is 0 Å². The summed E-state index contributed by atoms with van der Waals surface area (Å²) in [7, 11) is 0. The zero-order chi connectivity index (χ0) is 9.35. The second-order valence-electron chi connectivity index (χ2n) is 3.46. The number of halogens is 2. The first kappa shape index (κ1) is 9.96. The van der Waals surface area contributed by atoms with E-state index in [1.54, 1.807) is 6.07 Å². The van der Waals surface area contributed by atoms with Gasteiger partial charge in [0.05, 0.1) is 0 Å². The van der Waals surface area contributed by atoms with Crippen LogP contribution in [0.2, 0.25) is 0 Å². The lowest BCUT2D eigenvalue weighted by atomic mass is 10.0. The van der Waals surface area contributed by atoms with E-state index in [1.807, 2.05) is 26.8 Å². The molecule has 0 N–H and O–H groups in total. The van der Waals surface area contributed by atoms with Crippen LogP contribution in [0.15, 0.2) is 18.2 Å². The highest BCUT2D eigenvalue weighted by Gasteiger charge is 2.19. The molecule has 1 rings (SSSR count). The van der Waals surface area contributed by atoms with Gasteiger partial charge in [-0.1, -0.05) is 40.3 Å². The molecule has 0 fully saturated rings. The molecular formula is C10H12FI. The van der Waals surface area contributed by atoms with Crippen molar-refractivity contribution in [3.63, 3.8) is 0 Å². The fourth-order valence-electron chi connectivity index (χ4n) is 1.09. The molecule has 1 aromatic carbocycles. The normalized spacial score (nSPS) is 11.8. The third kappa shape index (κ3) is 2.19. The highest BCUT2D eigenvalue weighted by Crippen LogP contribution is 2.32. The summed E-state index contributed by atoms with van der Waals surface area (Å²) in [4.78, 5) is 0. The Morgan fingerprint density at radius 3 is 2.33 bits per heavy atom. The highest BCUT2D eigenvalue weighted by atomic mass is 127. The third-order valence-corrected chi connectivity index (χ3v) is 2.34. The van der Waals surface area contributed by atoms with Crippen molar-refractivity contribution >= 4 is 22.6 Å². The number of hydrogen-bond donors (Lipinski definition) is 0. The molecule has 0 radical (unpaired) electrons. The topological polar surface area (TPSA) is 0 Å². The van der Waals surface area contributed by atoms with E-state index in [0.29, 0.717) is 0 Å². The van der Waals surface area contributed by atoms with Crippen LogP contribution in [0.5, 0.6) is 0 Å². The van der Waals surface area contributed by atoms with Gasteiger partial charge >= 0.3 is 0 Å². The van der Waals surface area contributed by atoms with Crippen molar-refractivity contribution in [2.45, 2.75) is 24.2 Å². The average Bonchev–Trinajstić information content (AvgIpc) is 1.92. The lowest BCUT2D eigenvalue weighted by Gasteiger charge is -2.18. The Balaban J connectivity index is 3.23. The standard InChI is InChI=1S/C10H12FI/c1-7-4-5-9(11)8(6-7)10(2,3)12/h4-6H,1-3H3. The molecule has 0 bridgehead atoms. The van der Waals surface area contributed by atoms with Gasteiger partial charge in [-0.3, -0.25) is 0 Å². The van der Waals surface area contributed by atoms with Crippen LogP contribution in [0.3, 0.4) is 0 Å². The van der Waals surface area contributed by atoms with Crippen molar-refractivity contribution in [2.75, 3.05) is 0 Å². The van der Waals surface area contributed by atoms with E-state index in [1.165, 1.54) is 6.07 Å². The Kier molecular flexibility index (Phi) is 2.76. The number of benzene rings is 1. The maximum atomic E-state index is 13.3. The fraction of sp³-hybridized carbons (Fsp3) is 0.400. The summed E-state index contributed by atoms with van der Waals surface area (Å²) >= 11 is 2.24. The van der Waals surface area contributed by atoms with Gasteiger partial charge in [0, 0.05) is 8.99 Å². The molecule has 0 saturated heterocycles. The van der Waals surface area contributed by atoms with Crippen LogP contribution in [0.1, 0.15) is 25.0 Å². The van der Waals surface area contributed by atoms with Crippen LogP contribution in [0.4, 0.5) is 4.39 Å². The molecule has 0 amide bonds. The molecule has 0 heterocycles. The predicted molar refractivity (Wildman–Crippen MR) is 58.2 cm³/mol. The second-order valence-corrected chi connectivity index (χ2v) is 6.15. The highest BCUT2D eigenvalue weighted by molar-refractivity contribution is 14.1. The molecule has 0 aliphatic carbocycles. The van der Waals surface area contributed by atoms with Gasteiger partial charge in [-0.05, 0) is 26.8 Å². The van der Waals surface area contributed by atoms with Crippen molar-refractivity contribution in [2.24, 2.45) is 0 Å². The van der Waals surface area contributed by atoms with E-state index in [-0.39, 0.29) is 9.24 Å². The molecule has 0 atom stereocenters. The Morgan fingerprint density at radius 2 is 1.92 bits per heavy atom. The minimum absolute atomic E-state index is 0.111. The van der Waals surface area contributed by atoms with E-state index >= 15 is 0 Å². The van der Waals surface area contributed by atoms with Gasteiger partial charge in [0.1, 0.15) is 5.82 Å². The summed E-state index contributed by atoms with van der Waals surface area (Å²) in [5.74, 6) is -0.111. The minimum Gasteiger partial charge on any atom is -0.207 e. The van der Waals surface area contributed by atoms with Crippen LogP contribution in [-0.2, 0) is 3.42 Å². The van der Waals surface area contributed by atoms with Crippen molar-refractivity contribution in [1.29, 1.82) is 0 Å². The first-order valence-electron chi connectivity index (χ1n) is 3.87. The molecule has 0 aromatic heterocycles. The molecule has 0 nitrogen and oxygen atoms in total. The SMILES string of the molecule is Cc1ccc(F)c(C(C)(C)I)c1. The van der Waals surface area contributed by atoms with Crippen molar-refractivity contribution in [1.82, 2.24) is 0 Å². The average molecular weight is 278 g/mol. The zero-order valence-corrected chi connectivity index (χ0v) is 9.65. The van der Waals surface area contributed by atoms with Crippen LogP contribution >= 0.6 is 22.6 Å². The van der Waals surface area contributed by atoms with Crippen molar-refractivity contribution in [3.05, 3.63) is 35.1 Å². The minimum atomic E-state index is -0.131. The van der Waals surface area contributed by atoms with Gasteiger partial charge < -0.3 is 0 Å². The predicted octanol–water partition coefficient (Wildman–Crippen LogP) is 3.80. The second kappa shape index (κ2) is 3.32. The van der Waals surface area contributed by atoms with Crippen LogP contribution in [0, 0.1) is 12.7 Å². The molecule has 0 aliphatic heterocycles. The van der Waals surface area contributed by atoms with E-state index in [4.69, 9.17) is 0 Å². The molecule has 0 aliphatic rings. The first-order valence-corrected chi connectivity index (χ1v) is 4.94. The van der Waals surface area contributed by atoms with Crippen LogP contribution in [0.25, 0.3) is 0 Å². The van der Waals surface area contributed by atoms with Gasteiger partial charge in [-0.15, -0.1) is 0 Å². The number of aryl methyl sites for hydroxylation is 1. The molecule has 1 aromatic rings. The van der Waals surface area contributed by atoms with E-state index in [9.17, 15) is 4.39 Å². The van der Waals surface area contributed by atoms with Crippen molar-refractivity contribution < 1.29 is 4.39 Å². The number of rotatable bonds is 1. The fourth-order valence-corrected chi connectivity index (χ4v) is 1.51. The monoisotopic (exact) mass is 278 g/mol. The van der Waals surface area contributed by atoms with E-state index < -0.39 is 0 Å². The van der Waals surface area contributed by atoms with Gasteiger partial charge in [0.25, 0.3) is 0 Å². The summed E-state index contributed by atoms with van der Waals surface area (Å²) in [5.41, 5.74) is 1.89. The smallest absolute Gasteiger partial charge is 0.127 e. The largest absolute Gasteiger partial charge is 0.207 e.